The number of carbonyl (C=O) groups is 3. The molecule has 3 aromatic rings. The Labute approximate surface area is 205 Å². The highest BCUT2D eigenvalue weighted by Crippen LogP contribution is 2.34. The van der Waals surface area contributed by atoms with Gasteiger partial charge in [-0.05, 0) is 31.9 Å². The summed E-state index contributed by atoms with van der Waals surface area (Å²) in [5.41, 5.74) is 1.70. The number of ether oxygens (including phenoxy) is 2. The number of amides is 1. The first-order valence-electron chi connectivity index (χ1n) is 10.7. The largest absolute Gasteiger partial charge is 0.462 e. The summed E-state index contributed by atoms with van der Waals surface area (Å²) >= 11 is 2.23. The molecular formula is C23H26N4O5S2. The van der Waals surface area contributed by atoms with E-state index in [1.807, 2.05) is 41.9 Å². The fraction of sp³-hybridized carbons (Fsp3) is 0.348. The third kappa shape index (κ3) is 6.03. The van der Waals surface area contributed by atoms with Gasteiger partial charge in [-0.15, -0.1) is 21.5 Å². The lowest BCUT2D eigenvalue weighted by Gasteiger charge is -2.07. The first-order valence-corrected chi connectivity index (χ1v) is 12.5. The fourth-order valence-corrected chi connectivity index (χ4v) is 4.97. The molecule has 2 aromatic heterocycles. The summed E-state index contributed by atoms with van der Waals surface area (Å²) in [5.74, 6) is -0.666. The Morgan fingerprint density at radius 1 is 1.06 bits per heavy atom. The molecule has 0 spiro atoms. The van der Waals surface area contributed by atoms with Gasteiger partial charge >= 0.3 is 11.9 Å². The van der Waals surface area contributed by atoms with Crippen molar-refractivity contribution in [2.75, 3.05) is 24.3 Å². The summed E-state index contributed by atoms with van der Waals surface area (Å²) in [6, 6.07) is 9.93. The first-order chi connectivity index (χ1) is 16.3. The normalized spacial score (nSPS) is 10.7. The van der Waals surface area contributed by atoms with E-state index in [0.29, 0.717) is 17.1 Å². The van der Waals surface area contributed by atoms with Crippen LogP contribution in [0.2, 0.25) is 0 Å². The van der Waals surface area contributed by atoms with Crippen LogP contribution in [0.15, 0.2) is 35.5 Å². The summed E-state index contributed by atoms with van der Waals surface area (Å²) in [7, 11) is 1.85. The lowest BCUT2D eigenvalue weighted by molar-refractivity contribution is -0.113. The fourth-order valence-electron chi connectivity index (χ4n) is 3.14. The Balaban J connectivity index is 1.70. The summed E-state index contributed by atoms with van der Waals surface area (Å²) < 4.78 is 12.0. The van der Waals surface area contributed by atoms with Crippen LogP contribution < -0.4 is 5.32 Å². The van der Waals surface area contributed by atoms with E-state index in [2.05, 4.69) is 15.5 Å². The molecule has 34 heavy (non-hydrogen) atoms. The molecule has 0 aliphatic heterocycles. The van der Waals surface area contributed by atoms with E-state index in [4.69, 9.17) is 9.47 Å². The van der Waals surface area contributed by atoms with Crippen molar-refractivity contribution in [2.24, 2.45) is 7.05 Å². The lowest BCUT2D eigenvalue weighted by atomic mass is 10.1. The standard InChI is InChI=1S/C23H26N4O5S2/c1-5-31-21(29)18-14(3)19(22(30)32-6-2)34-20(18)24-17(28)13-33-23-26-25-16(27(23)4)12-15-10-8-7-9-11-15/h7-11H,5-6,12-13H2,1-4H3,(H,24,28). The molecule has 1 amide bonds. The molecule has 3 rings (SSSR count). The second-order valence-electron chi connectivity index (χ2n) is 7.16. The van der Waals surface area contributed by atoms with Gasteiger partial charge in [0.1, 0.15) is 15.7 Å². The second kappa shape index (κ2) is 11.8. The van der Waals surface area contributed by atoms with E-state index in [1.165, 1.54) is 11.8 Å². The van der Waals surface area contributed by atoms with E-state index in [0.717, 1.165) is 22.7 Å². The summed E-state index contributed by atoms with van der Waals surface area (Å²) in [6.45, 7) is 5.39. The maximum Gasteiger partial charge on any atom is 0.348 e. The number of aromatic nitrogens is 3. The number of thioether (sulfide) groups is 1. The van der Waals surface area contributed by atoms with Gasteiger partial charge in [-0.3, -0.25) is 4.79 Å². The third-order valence-electron chi connectivity index (χ3n) is 4.80. The maximum atomic E-state index is 12.7. The molecule has 0 atom stereocenters. The van der Waals surface area contributed by atoms with Gasteiger partial charge in [-0.25, -0.2) is 9.59 Å². The minimum atomic E-state index is -0.603. The number of benzene rings is 1. The molecule has 0 saturated heterocycles. The highest BCUT2D eigenvalue weighted by molar-refractivity contribution is 7.99. The van der Waals surface area contributed by atoms with Crippen LogP contribution >= 0.6 is 23.1 Å². The summed E-state index contributed by atoms with van der Waals surface area (Å²) in [6.07, 6.45) is 0.630. The van der Waals surface area contributed by atoms with E-state index in [9.17, 15) is 14.4 Å². The Morgan fingerprint density at radius 2 is 1.74 bits per heavy atom. The molecule has 0 aliphatic carbocycles. The molecule has 2 heterocycles. The number of esters is 2. The molecule has 0 bridgehead atoms. The lowest BCUT2D eigenvalue weighted by Crippen LogP contribution is -2.16. The zero-order chi connectivity index (χ0) is 24.7. The van der Waals surface area contributed by atoms with Gasteiger partial charge in [0.25, 0.3) is 0 Å². The molecule has 9 nitrogen and oxygen atoms in total. The van der Waals surface area contributed by atoms with E-state index in [1.54, 1.807) is 20.8 Å². The number of anilines is 1. The Hall–Kier alpha value is -3.18. The van der Waals surface area contributed by atoms with Crippen LogP contribution in [0.5, 0.6) is 0 Å². The average molecular weight is 503 g/mol. The van der Waals surface area contributed by atoms with Crippen LogP contribution in [0.4, 0.5) is 5.00 Å². The number of hydrogen-bond donors (Lipinski definition) is 1. The van der Waals surface area contributed by atoms with Crippen molar-refractivity contribution in [1.82, 2.24) is 14.8 Å². The number of hydrogen-bond acceptors (Lipinski definition) is 9. The van der Waals surface area contributed by atoms with Crippen LogP contribution in [-0.2, 0) is 27.7 Å². The van der Waals surface area contributed by atoms with Crippen molar-refractivity contribution < 1.29 is 23.9 Å². The van der Waals surface area contributed by atoms with Crippen molar-refractivity contribution in [3.63, 3.8) is 0 Å². The molecule has 0 unspecified atom stereocenters. The SMILES string of the molecule is CCOC(=O)c1sc(NC(=O)CSc2nnc(Cc3ccccc3)n2C)c(C(=O)OCC)c1C. The Kier molecular flexibility index (Phi) is 8.83. The van der Waals surface area contributed by atoms with E-state index < -0.39 is 11.9 Å². The van der Waals surface area contributed by atoms with Crippen LogP contribution in [0.3, 0.4) is 0 Å². The van der Waals surface area contributed by atoms with E-state index in [-0.39, 0.29) is 40.3 Å². The first kappa shape index (κ1) is 25.4. The zero-order valence-electron chi connectivity index (χ0n) is 19.4. The molecule has 0 aliphatic rings. The predicted octanol–water partition coefficient (Wildman–Crippen LogP) is 3.86. The summed E-state index contributed by atoms with van der Waals surface area (Å²) in [4.78, 5) is 37.7. The number of nitrogens with zero attached hydrogens (tertiary/aromatic N) is 3. The predicted molar refractivity (Wildman–Crippen MR) is 131 cm³/mol. The Bertz CT molecular complexity index is 1170. The zero-order valence-corrected chi connectivity index (χ0v) is 21.0. The number of thiophene rings is 1. The van der Waals surface area contributed by atoms with Crippen molar-refractivity contribution in [3.8, 4) is 0 Å². The van der Waals surface area contributed by atoms with Crippen LogP contribution in [0.1, 0.15) is 50.8 Å². The van der Waals surface area contributed by atoms with Gasteiger partial charge in [-0.1, -0.05) is 42.1 Å². The highest BCUT2D eigenvalue weighted by atomic mass is 32.2. The molecule has 1 aromatic carbocycles. The molecule has 0 saturated carbocycles. The smallest absolute Gasteiger partial charge is 0.348 e. The minimum Gasteiger partial charge on any atom is -0.462 e. The topological polar surface area (TPSA) is 112 Å². The van der Waals surface area contributed by atoms with Crippen molar-refractivity contribution in [2.45, 2.75) is 32.3 Å². The average Bonchev–Trinajstić information content (AvgIpc) is 3.32. The van der Waals surface area contributed by atoms with Crippen molar-refractivity contribution in [3.05, 3.63) is 57.7 Å². The monoisotopic (exact) mass is 502 g/mol. The van der Waals surface area contributed by atoms with E-state index >= 15 is 0 Å². The number of carbonyl (C=O) groups excluding carboxylic acids is 3. The molecule has 0 radical (unpaired) electrons. The molecule has 11 heteroatoms. The Morgan fingerprint density at radius 3 is 2.41 bits per heavy atom. The summed E-state index contributed by atoms with van der Waals surface area (Å²) in [5, 5.41) is 12.0. The minimum absolute atomic E-state index is 0.0469. The molecule has 1 N–H and O–H groups in total. The van der Waals surface area contributed by atoms with Crippen LogP contribution in [0.25, 0.3) is 0 Å². The van der Waals surface area contributed by atoms with Gasteiger partial charge in [0.15, 0.2) is 5.16 Å². The van der Waals surface area contributed by atoms with Crippen LogP contribution in [-0.4, -0.2) is 51.6 Å². The molecular weight excluding hydrogens is 476 g/mol. The van der Waals surface area contributed by atoms with Crippen molar-refractivity contribution >= 4 is 45.9 Å². The quantitative estimate of drug-likeness (QED) is 0.329. The van der Waals surface area contributed by atoms with Gasteiger partial charge in [-0.2, -0.15) is 0 Å². The third-order valence-corrected chi connectivity index (χ3v) is 7.01. The van der Waals surface area contributed by atoms with Crippen LogP contribution in [0, 0.1) is 6.92 Å². The highest BCUT2D eigenvalue weighted by Gasteiger charge is 2.27. The molecule has 180 valence electrons. The van der Waals surface area contributed by atoms with Crippen molar-refractivity contribution in [1.29, 1.82) is 0 Å². The molecule has 0 fully saturated rings. The van der Waals surface area contributed by atoms with Gasteiger partial charge in [0, 0.05) is 13.5 Å². The second-order valence-corrected chi connectivity index (χ2v) is 9.12. The van der Waals surface area contributed by atoms with Gasteiger partial charge in [0.05, 0.1) is 24.5 Å². The maximum absolute atomic E-state index is 12.7. The number of rotatable bonds is 10. The number of nitrogens with one attached hydrogen (secondary N) is 1. The van der Waals surface area contributed by atoms with Gasteiger partial charge < -0.3 is 19.4 Å². The van der Waals surface area contributed by atoms with Gasteiger partial charge in [0.2, 0.25) is 5.91 Å².